The molecule has 9 nitrogen and oxygen atoms in total. The predicted octanol–water partition coefficient (Wildman–Crippen LogP) is 5.11. The van der Waals surface area contributed by atoms with Gasteiger partial charge in [-0.3, -0.25) is 19.5 Å². The minimum Gasteiger partial charge on any atom is -0.387 e. The average molecular weight is 715 g/mol. The SMILES string of the molecule is C=c1ccn(Cc2ccc(CN3CCN(CCNC(=O)CN(C)C4CCCCCCC4)CC3)cc2C2CC2)/c1=C(/N=C(/N)CCC)NCCCCC. The number of carbonyl (C=O) groups excluding carboxylic acids is 1. The van der Waals surface area contributed by atoms with Gasteiger partial charge in [0, 0.05) is 77.6 Å². The molecule has 3 fully saturated rings. The Labute approximate surface area is 314 Å². The van der Waals surface area contributed by atoms with E-state index in [9.17, 15) is 4.79 Å². The summed E-state index contributed by atoms with van der Waals surface area (Å²) in [5.41, 5.74) is 10.7. The normalized spacial score (nSPS) is 19.0. The Bertz CT molecular complexity index is 1530. The van der Waals surface area contributed by atoms with Crippen LogP contribution >= 0.6 is 0 Å². The molecule has 288 valence electrons. The van der Waals surface area contributed by atoms with Crippen LogP contribution in [-0.4, -0.2) is 96.5 Å². The minimum atomic E-state index is 0.167. The second-order valence-electron chi connectivity index (χ2n) is 15.8. The smallest absolute Gasteiger partial charge is 0.234 e. The molecule has 1 saturated heterocycles. The molecule has 4 N–H and O–H groups in total. The maximum Gasteiger partial charge on any atom is 0.234 e. The van der Waals surface area contributed by atoms with Gasteiger partial charge >= 0.3 is 0 Å². The Morgan fingerprint density at radius 3 is 2.35 bits per heavy atom. The molecule has 5 rings (SSSR count). The van der Waals surface area contributed by atoms with E-state index in [0.717, 1.165) is 94.6 Å². The number of aromatic nitrogens is 1. The number of benzene rings is 1. The van der Waals surface area contributed by atoms with Crippen molar-refractivity contribution in [2.24, 2.45) is 10.7 Å². The van der Waals surface area contributed by atoms with Crippen molar-refractivity contribution >= 4 is 24.1 Å². The molecule has 2 aromatic rings. The fourth-order valence-corrected chi connectivity index (χ4v) is 8.07. The summed E-state index contributed by atoms with van der Waals surface area (Å²) in [4.78, 5) is 25.0. The molecule has 3 aliphatic rings. The third-order valence-electron chi connectivity index (χ3n) is 11.4. The lowest BCUT2D eigenvalue weighted by Gasteiger charge is -2.35. The van der Waals surface area contributed by atoms with Crippen LogP contribution in [0, 0.1) is 0 Å². The van der Waals surface area contributed by atoms with Crippen molar-refractivity contribution in [3.05, 3.63) is 57.7 Å². The number of amides is 1. The zero-order chi connectivity index (χ0) is 36.7. The van der Waals surface area contributed by atoms with Gasteiger partial charge in [-0.25, -0.2) is 4.99 Å². The van der Waals surface area contributed by atoms with Crippen molar-refractivity contribution in [3.63, 3.8) is 0 Å². The highest BCUT2D eigenvalue weighted by Gasteiger charge is 2.27. The first-order valence-corrected chi connectivity index (χ1v) is 20.8. The number of nitrogens with zero attached hydrogens (tertiary/aromatic N) is 5. The maximum absolute atomic E-state index is 12.7. The van der Waals surface area contributed by atoms with Crippen LogP contribution in [0.3, 0.4) is 0 Å². The van der Waals surface area contributed by atoms with Crippen LogP contribution in [0.5, 0.6) is 0 Å². The van der Waals surface area contributed by atoms with Crippen LogP contribution < -0.4 is 26.9 Å². The summed E-state index contributed by atoms with van der Waals surface area (Å²) in [6, 6.07) is 9.86. The molecule has 1 amide bonds. The van der Waals surface area contributed by atoms with Crippen LogP contribution in [-0.2, 0) is 17.9 Å². The van der Waals surface area contributed by atoms with Crippen LogP contribution in [0.2, 0.25) is 0 Å². The van der Waals surface area contributed by atoms with Crippen molar-refractivity contribution in [2.75, 3.05) is 59.4 Å². The highest BCUT2D eigenvalue weighted by molar-refractivity contribution is 5.83. The molecule has 0 radical (unpaired) electrons. The molecular weight excluding hydrogens is 645 g/mol. The van der Waals surface area contributed by atoms with Crippen molar-refractivity contribution in [3.8, 4) is 0 Å². The molecule has 0 unspecified atom stereocenters. The van der Waals surface area contributed by atoms with Crippen LogP contribution in [0.1, 0.15) is 126 Å². The highest BCUT2D eigenvalue weighted by Crippen LogP contribution is 2.42. The van der Waals surface area contributed by atoms with Gasteiger partial charge in [-0.15, -0.1) is 0 Å². The molecule has 2 saturated carbocycles. The lowest BCUT2D eigenvalue weighted by molar-refractivity contribution is -0.122. The van der Waals surface area contributed by atoms with E-state index in [0.29, 0.717) is 24.3 Å². The lowest BCUT2D eigenvalue weighted by atomic mass is 9.96. The Hall–Kier alpha value is -3.14. The van der Waals surface area contributed by atoms with Crippen molar-refractivity contribution in [1.29, 1.82) is 0 Å². The molecular formula is C43H70N8O. The Morgan fingerprint density at radius 1 is 0.904 bits per heavy atom. The van der Waals surface area contributed by atoms with E-state index in [2.05, 4.69) is 87.8 Å². The van der Waals surface area contributed by atoms with Crippen molar-refractivity contribution in [2.45, 2.75) is 129 Å². The number of hydrogen-bond acceptors (Lipinski definition) is 6. The molecule has 0 atom stereocenters. The predicted molar refractivity (Wildman–Crippen MR) is 218 cm³/mol. The number of aliphatic imine (C=N–C) groups is 1. The number of hydrogen-bond donors (Lipinski definition) is 3. The largest absolute Gasteiger partial charge is 0.387 e. The number of carbonyl (C=O) groups is 1. The quantitative estimate of drug-likeness (QED) is 0.107. The molecule has 1 aliphatic heterocycles. The lowest BCUT2D eigenvalue weighted by Crippen LogP contribution is -2.48. The average Bonchev–Trinajstić information content (AvgIpc) is 3.90. The van der Waals surface area contributed by atoms with Gasteiger partial charge in [0.1, 0.15) is 5.84 Å². The monoisotopic (exact) mass is 715 g/mol. The zero-order valence-corrected chi connectivity index (χ0v) is 32.9. The number of amidine groups is 1. The van der Waals surface area contributed by atoms with Gasteiger partial charge in [-0.1, -0.05) is 83.6 Å². The topological polar surface area (TPSA) is 94.2 Å². The second-order valence-corrected chi connectivity index (χ2v) is 15.8. The highest BCUT2D eigenvalue weighted by atomic mass is 16.2. The first-order chi connectivity index (χ1) is 25.3. The summed E-state index contributed by atoms with van der Waals surface area (Å²) in [7, 11) is 2.13. The molecule has 52 heavy (non-hydrogen) atoms. The summed E-state index contributed by atoms with van der Waals surface area (Å²) in [5, 5.41) is 8.84. The molecule has 1 aromatic carbocycles. The maximum atomic E-state index is 12.7. The van der Waals surface area contributed by atoms with E-state index in [-0.39, 0.29) is 5.91 Å². The van der Waals surface area contributed by atoms with Crippen LogP contribution in [0.15, 0.2) is 35.5 Å². The molecule has 0 spiro atoms. The molecule has 0 bridgehead atoms. The molecule has 9 heteroatoms. The van der Waals surface area contributed by atoms with Gasteiger partial charge in [0.25, 0.3) is 0 Å². The summed E-state index contributed by atoms with van der Waals surface area (Å²) in [5.74, 6) is 2.34. The van der Waals surface area contributed by atoms with E-state index in [4.69, 9.17) is 10.7 Å². The third-order valence-corrected chi connectivity index (χ3v) is 11.4. The number of nitrogens with two attached hydrogens (primary N) is 1. The molecule has 2 heterocycles. The fourth-order valence-electron chi connectivity index (χ4n) is 8.07. The number of likely N-dealkylation sites (N-methyl/N-ethyl adjacent to an activating group) is 1. The van der Waals surface area contributed by atoms with Gasteiger partial charge in [-0.2, -0.15) is 0 Å². The number of unbranched alkanes of at least 4 members (excludes halogenated alkanes) is 2. The van der Waals surface area contributed by atoms with Crippen LogP contribution in [0.25, 0.3) is 12.4 Å². The minimum absolute atomic E-state index is 0.167. The molecule has 1 aromatic heterocycles. The van der Waals surface area contributed by atoms with E-state index in [1.165, 1.54) is 87.3 Å². The first-order valence-electron chi connectivity index (χ1n) is 20.8. The summed E-state index contributed by atoms with van der Waals surface area (Å²) >= 11 is 0. The third kappa shape index (κ3) is 12.5. The Balaban J connectivity index is 1.14. The number of rotatable bonds is 19. The van der Waals surface area contributed by atoms with Crippen molar-refractivity contribution < 1.29 is 4.79 Å². The van der Waals surface area contributed by atoms with E-state index in [1.807, 2.05) is 0 Å². The fraction of sp³-hybridized carbons (Fsp3) is 0.674. The van der Waals surface area contributed by atoms with Crippen molar-refractivity contribution in [1.82, 2.24) is 29.9 Å². The first kappa shape index (κ1) is 40.1. The van der Waals surface area contributed by atoms with Gasteiger partial charge in [0.05, 0.1) is 11.9 Å². The van der Waals surface area contributed by atoms with Gasteiger partial charge in [0.2, 0.25) is 5.91 Å². The number of nitrogens with one attached hydrogen (secondary N) is 2. The van der Waals surface area contributed by atoms with Gasteiger partial charge < -0.3 is 20.9 Å². The van der Waals surface area contributed by atoms with Crippen LogP contribution in [0.4, 0.5) is 0 Å². The Kier molecular flexibility index (Phi) is 16.1. The molecule has 2 aliphatic carbocycles. The van der Waals surface area contributed by atoms with E-state index < -0.39 is 0 Å². The van der Waals surface area contributed by atoms with Gasteiger partial charge in [-0.05, 0) is 79.5 Å². The Morgan fingerprint density at radius 2 is 1.63 bits per heavy atom. The zero-order valence-electron chi connectivity index (χ0n) is 32.9. The summed E-state index contributed by atoms with van der Waals surface area (Å²) in [6.07, 6.45) is 19.1. The standard InChI is InChI=1S/C43H70N8O/c1-5-7-13-22-46-43(47-40(44)14-6-2)42-34(3)21-24-51(42)32-37-18-17-35(30-39(37)36-19-20-36)31-50-28-26-49(27-29-50)25-23-45-41(52)33-48(4)38-15-11-9-8-10-12-16-38/h17-18,21,24,30,36,38,46H,3,5-16,19-20,22-23,25-29,31-33H2,1-2,4H3,(H2,44,47)(H,45,52)/b43-42+. The second kappa shape index (κ2) is 20.9. The van der Waals surface area contributed by atoms with E-state index in [1.54, 1.807) is 0 Å². The van der Waals surface area contributed by atoms with Gasteiger partial charge in [0.15, 0.2) is 5.82 Å². The summed E-state index contributed by atoms with van der Waals surface area (Å²) in [6.45, 7) is 17.8. The summed E-state index contributed by atoms with van der Waals surface area (Å²) < 4.78 is 2.31. The van der Waals surface area contributed by atoms with E-state index >= 15 is 0 Å². The number of piperazine rings is 1.